The molecule has 2 heterocycles. The molecule has 0 unspecified atom stereocenters. The van der Waals surface area contributed by atoms with Crippen molar-refractivity contribution in [3.8, 4) is 0 Å². The fourth-order valence-corrected chi connectivity index (χ4v) is 2.95. The average molecular weight is 455 g/mol. The number of ether oxygens (including phenoxy) is 1. The molecule has 10 nitrogen and oxygen atoms in total. The number of hydrogen-bond donors (Lipinski definition) is 2. The number of aryl methyl sites for hydroxylation is 1. The largest absolute Gasteiger partial charge is 0.455 e. The first-order valence-corrected chi connectivity index (χ1v) is 9.44. The monoisotopic (exact) mass is 454 g/mol. The molecule has 0 spiro atoms. The Morgan fingerprint density at radius 3 is 2.70 bits per heavy atom. The third-order valence-electron chi connectivity index (χ3n) is 4.12. The highest BCUT2D eigenvalue weighted by molar-refractivity contribution is 6.42. The predicted molar refractivity (Wildman–Crippen MR) is 105 cm³/mol. The number of hydrazine groups is 1. The fraction of sp³-hybridized carbons (Fsp3) is 0.278. The van der Waals surface area contributed by atoms with E-state index in [1.165, 1.54) is 24.3 Å². The van der Waals surface area contributed by atoms with Gasteiger partial charge >= 0.3 is 5.97 Å². The Labute approximate surface area is 180 Å². The number of esters is 1. The number of nitrogens with zero attached hydrogens (tertiary/aromatic N) is 2. The zero-order valence-corrected chi connectivity index (χ0v) is 17.1. The summed E-state index contributed by atoms with van der Waals surface area (Å²) >= 11 is 11.7. The van der Waals surface area contributed by atoms with Crippen LogP contribution >= 0.6 is 23.2 Å². The molecule has 0 bridgehead atoms. The second-order valence-electron chi connectivity index (χ2n) is 6.45. The SMILES string of the molecule is Cc1cc(NC(=O)COC(=O)[C@@H]2CC(=O)N(NC(=O)c3ccc(Cl)c(Cl)c3)C2)no1. The summed E-state index contributed by atoms with van der Waals surface area (Å²) in [6.45, 7) is 1.02. The van der Waals surface area contributed by atoms with Gasteiger partial charge in [0.1, 0.15) is 5.76 Å². The third-order valence-corrected chi connectivity index (χ3v) is 4.86. The van der Waals surface area contributed by atoms with E-state index in [4.69, 9.17) is 32.5 Å². The van der Waals surface area contributed by atoms with Gasteiger partial charge in [-0.3, -0.25) is 29.6 Å². The molecule has 1 aromatic carbocycles. The van der Waals surface area contributed by atoms with E-state index in [2.05, 4.69) is 15.9 Å². The Kier molecular flexibility index (Phi) is 6.58. The van der Waals surface area contributed by atoms with Crippen LogP contribution < -0.4 is 10.7 Å². The van der Waals surface area contributed by atoms with Crippen LogP contribution in [-0.4, -0.2) is 47.0 Å². The van der Waals surface area contributed by atoms with Crippen LogP contribution in [-0.2, 0) is 19.1 Å². The van der Waals surface area contributed by atoms with Gasteiger partial charge in [0.05, 0.1) is 22.5 Å². The van der Waals surface area contributed by atoms with E-state index in [-0.39, 0.29) is 34.4 Å². The Hall–Kier alpha value is -3.11. The minimum absolute atomic E-state index is 0.0885. The van der Waals surface area contributed by atoms with E-state index < -0.39 is 36.2 Å². The molecular weight excluding hydrogens is 439 g/mol. The standard InChI is InChI=1S/C18H16Cl2N4O6/c1-9-4-14(23-30-9)21-15(25)8-29-18(28)11-6-16(26)24(7-11)22-17(27)10-2-3-12(19)13(20)5-10/h2-5,11H,6-8H2,1H3,(H,22,27)(H,21,23,25)/t11-/m1/s1. The number of amides is 3. The van der Waals surface area contributed by atoms with Gasteiger partial charge in [-0.05, 0) is 25.1 Å². The number of carbonyl (C=O) groups is 4. The van der Waals surface area contributed by atoms with E-state index in [0.717, 1.165) is 5.01 Å². The number of rotatable bonds is 6. The van der Waals surface area contributed by atoms with Crippen molar-refractivity contribution in [2.75, 3.05) is 18.5 Å². The zero-order valence-electron chi connectivity index (χ0n) is 15.6. The smallest absolute Gasteiger partial charge is 0.311 e. The summed E-state index contributed by atoms with van der Waals surface area (Å²) < 4.78 is 9.76. The Bertz CT molecular complexity index is 1010. The third kappa shape index (κ3) is 5.28. The molecule has 1 aliphatic heterocycles. The lowest BCUT2D eigenvalue weighted by Crippen LogP contribution is -2.43. The number of carbonyl (C=O) groups excluding carboxylic acids is 4. The molecule has 30 heavy (non-hydrogen) atoms. The molecule has 12 heteroatoms. The molecule has 2 aromatic rings. The summed E-state index contributed by atoms with van der Waals surface area (Å²) in [5.74, 6) is -2.51. The predicted octanol–water partition coefficient (Wildman–Crippen LogP) is 1.97. The van der Waals surface area contributed by atoms with Gasteiger partial charge in [0, 0.05) is 18.1 Å². The number of hydrogen-bond acceptors (Lipinski definition) is 7. The van der Waals surface area contributed by atoms with Crippen molar-refractivity contribution in [1.29, 1.82) is 0 Å². The molecule has 1 fully saturated rings. The zero-order chi connectivity index (χ0) is 21.8. The number of halogens is 2. The highest BCUT2D eigenvalue weighted by Crippen LogP contribution is 2.23. The van der Waals surface area contributed by atoms with Crippen molar-refractivity contribution >= 4 is 52.7 Å². The Morgan fingerprint density at radius 2 is 2.03 bits per heavy atom. The van der Waals surface area contributed by atoms with Crippen molar-refractivity contribution in [2.45, 2.75) is 13.3 Å². The van der Waals surface area contributed by atoms with Crippen LogP contribution in [0.5, 0.6) is 0 Å². The molecule has 158 valence electrons. The molecule has 1 atom stereocenters. The number of nitrogens with one attached hydrogen (secondary N) is 2. The molecule has 0 aliphatic carbocycles. The topological polar surface area (TPSA) is 131 Å². The van der Waals surface area contributed by atoms with E-state index in [9.17, 15) is 19.2 Å². The average Bonchev–Trinajstić information content (AvgIpc) is 3.27. The highest BCUT2D eigenvalue weighted by Gasteiger charge is 2.36. The van der Waals surface area contributed by atoms with Crippen molar-refractivity contribution in [3.63, 3.8) is 0 Å². The maximum atomic E-state index is 12.3. The van der Waals surface area contributed by atoms with Crippen LogP contribution in [0.4, 0.5) is 5.82 Å². The maximum absolute atomic E-state index is 12.3. The molecule has 3 rings (SSSR count). The van der Waals surface area contributed by atoms with Crippen molar-refractivity contribution in [3.05, 3.63) is 45.6 Å². The van der Waals surface area contributed by atoms with E-state index in [1.54, 1.807) is 6.92 Å². The number of benzene rings is 1. The lowest BCUT2D eigenvalue weighted by atomic mass is 10.1. The van der Waals surface area contributed by atoms with Crippen LogP contribution in [0.3, 0.4) is 0 Å². The van der Waals surface area contributed by atoms with E-state index in [0.29, 0.717) is 5.76 Å². The lowest BCUT2D eigenvalue weighted by Gasteiger charge is -2.17. The molecule has 2 N–H and O–H groups in total. The van der Waals surface area contributed by atoms with Gasteiger partial charge in [0.15, 0.2) is 12.4 Å². The normalized spacial score (nSPS) is 15.8. The first-order chi connectivity index (χ1) is 14.2. The summed E-state index contributed by atoms with van der Waals surface area (Å²) in [4.78, 5) is 48.4. The second kappa shape index (κ2) is 9.14. The van der Waals surface area contributed by atoms with Crippen molar-refractivity contribution < 1.29 is 28.4 Å². The minimum atomic E-state index is -0.825. The van der Waals surface area contributed by atoms with Crippen LogP contribution in [0.25, 0.3) is 0 Å². The molecule has 1 saturated heterocycles. The maximum Gasteiger partial charge on any atom is 0.311 e. The molecule has 1 aromatic heterocycles. The quantitative estimate of drug-likeness (QED) is 0.637. The van der Waals surface area contributed by atoms with Gasteiger partial charge in [-0.15, -0.1) is 0 Å². The minimum Gasteiger partial charge on any atom is -0.455 e. The van der Waals surface area contributed by atoms with Gasteiger partial charge in [-0.2, -0.15) is 0 Å². The summed E-state index contributed by atoms with van der Waals surface area (Å²) in [5.41, 5.74) is 2.61. The summed E-state index contributed by atoms with van der Waals surface area (Å²) in [7, 11) is 0. The van der Waals surface area contributed by atoms with Crippen LogP contribution in [0.15, 0.2) is 28.8 Å². The fourth-order valence-electron chi connectivity index (χ4n) is 2.66. The first-order valence-electron chi connectivity index (χ1n) is 8.69. The summed E-state index contributed by atoms with van der Waals surface area (Å²) in [5, 5.41) is 7.49. The molecular formula is C18H16Cl2N4O6. The summed E-state index contributed by atoms with van der Waals surface area (Å²) in [6, 6.07) is 5.77. The molecule has 1 aliphatic rings. The van der Waals surface area contributed by atoms with Gasteiger partial charge < -0.3 is 14.6 Å². The van der Waals surface area contributed by atoms with Crippen LogP contribution in [0.1, 0.15) is 22.5 Å². The lowest BCUT2D eigenvalue weighted by molar-refractivity contribution is -0.151. The van der Waals surface area contributed by atoms with E-state index in [1.807, 2.05) is 0 Å². The van der Waals surface area contributed by atoms with Gasteiger partial charge in [-0.1, -0.05) is 28.4 Å². The number of aromatic nitrogens is 1. The van der Waals surface area contributed by atoms with E-state index >= 15 is 0 Å². The molecule has 0 saturated carbocycles. The Morgan fingerprint density at radius 1 is 1.27 bits per heavy atom. The first kappa shape index (κ1) is 21.6. The highest BCUT2D eigenvalue weighted by atomic mass is 35.5. The van der Waals surface area contributed by atoms with Crippen molar-refractivity contribution in [2.24, 2.45) is 5.92 Å². The van der Waals surface area contributed by atoms with Gasteiger partial charge in [-0.25, -0.2) is 0 Å². The van der Waals surface area contributed by atoms with Crippen molar-refractivity contribution in [1.82, 2.24) is 15.6 Å². The van der Waals surface area contributed by atoms with Gasteiger partial charge in [0.25, 0.3) is 11.8 Å². The summed E-state index contributed by atoms with van der Waals surface area (Å²) in [6.07, 6.45) is -0.162. The number of anilines is 1. The Balaban J connectivity index is 1.49. The van der Waals surface area contributed by atoms with Gasteiger partial charge in [0.2, 0.25) is 5.91 Å². The molecule has 0 radical (unpaired) electrons. The molecule has 3 amide bonds. The van der Waals surface area contributed by atoms with Crippen LogP contribution in [0.2, 0.25) is 10.0 Å². The second-order valence-corrected chi connectivity index (χ2v) is 7.27. The van der Waals surface area contributed by atoms with Crippen LogP contribution in [0, 0.1) is 12.8 Å².